The summed E-state index contributed by atoms with van der Waals surface area (Å²) in [6.07, 6.45) is -0.427. The van der Waals surface area contributed by atoms with Crippen molar-refractivity contribution < 1.29 is 17.9 Å². The van der Waals surface area contributed by atoms with Gasteiger partial charge in [0.1, 0.15) is 5.75 Å². The Labute approximate surface area is 123 Å². The lowest BCUT2D eigenvalue weighted by Crippen LogP contribution is -2.13. The molecule has 1 aromatic rings. The van der Waals surface area contributed by atoms with Crippen LogP contribution in [0.3, 0.4) is 0 Å². The third-order valence-corrected chi connectivity index (χ3v) is 3.45. The summed E-state index contributed by atoms with van der Waals surface area (Å²) in [5.41, 5.74) is -1.32. The third kappa shape index (κ3) is 5.30. The number of nitrogens with zero attached hydrogens (tertiary/aromatic N) is 1. The summed E-state index contributed by atoms with van der Waals surface area (Å²) in [7, 11) is 0. The molecule has 0 spiro atoms. The summed E-state index contributed by atoms with van der Waals surface area (Å²) in [5, 5.41) is 8.74. The first kappa shape index (κ1) is 17.4. The Morgan fingerprint density at radius 2 is 2.00 bits per heavy atom. The molecular formula is C16H20F3NO. The summed E-state index contributed by atoms with van der Waals surface area (Å²) in [5.74, 6) is 0.506. The van der Waals surface area contributed by atoms with Crippen LogP contribution in [0.5, 0.6) is 5.75 Å². The van der Waals surface area contributed by atoms with E-state index in [0.29, 0.717) is 12.5 Å². The number of halogens is 3. The van der Waals surface area contributed by atoms with Crippen LogP contribution in [0.15, 0.2) is 18.2 Å². The highest BCUT2D eigenvalue weighted by Gasteiger charge is 2.34. The Morgan fingerprint density at radius 1 is 1.29 bits per heavy atom. The Balaban J connectivity index is 2.79. The number of hydrogen-bond donors (Lipinski definition) is 0. The van der Waals surface area contributed by atoms with Crippen LogP contribution >= 0.6 is 0 Å². The summed E-state index contributed by atoms with van der Waals surface area (Å²) < 4.78 is 44.0. The van der Waals surface area contributed by atoms with Gasteiger partial charge in [0.25, 0.3) is 0 Å². The predicted octanol–water partition coefficient (Wildman–Crippen LogP) is 5.17. The number of unbranched alkanes of at least 4 members (excludes halogenated alkanes) is 1. The predicted molar refractivity (Wildman–Crippen MR) is 75.0 cm³/mol. The molecule has 0 amide bonds. The number of ether oxygens (including phenoxy) is 1. The molecule has 0 bridgehead atoms. The number of benzene rings is 1. The molecule has 0 fully saturated rings. The van der Waals surface area contributed by atoms with E-state index in [2.05, 4.69) is 6.92 Å². The second-order valence-corrected chi connectivity index (χ2v) is 5.04. The van der Waals surface area contributed by atoms with Crippen LogP contribution < -0.4 is 4.74 Å². The van der Waals surface area contributed by atoms with E-state index in [9.17, 15) is 13.2 Å². The zero-order valence-corrected chi connectivity index (χ0v) is 12.3. The van der Waals surface area contributed by atoms with E-state index in [4.69, 9.17) is 10.00 Å². The van der Waals surface area contributed by atoms with Crippen molar-refractivity contribution in [2.24, 2.45) is 5.92 Å². The Kier molecular flexibility index (Phi) is 6.54. The SMILES string of the molecule is CCCCC(CC)COc1ccc(C#N)c(C(F)(F)F)c1. The van der Waals surface area contributed by atoms with Gasteiger partial charge in [-0.25, -0.2) is 0 Å². The van der Waals surface area contributed by atoms with Gasteiger partial charge in [0.2, 0.25) is 0 Å². The van der Waals surface area contributed by atoms with Gasteiger partial charge in [0.15, 0.2) is 0 Å². The summed E-state index contributed by atoms with van der Waals surface area (Å²) in [6.45, 7) is 4.55. The molecule has 0 saturated heterocycles. The van der Waals surface area contributed by atoms with Gasteiger partial charge in [0, 0.05) is 0 Å². The minimum atomic E-state index is -4.54. The molecule has 1 unspecified atom stereocenters. The van der Waals surface area contributed by atoms with Gasteiger partial charge < -0.3 is 4.74 Å². The van der Waals surface area contributed by atoms with Crippen molar-refractivity contribution in [2.45, 2.75) is 45.7 Å². The molecule has 0 heterocycles. The molecule has 0 aliphatic rings. The van der Waals surface area contributed by atoms with Crippen molar-refractivity contribution in [1.29, 1.82) is 5.26 Å². The van der Waals surface area contributed by atoms with Gasteiger partial charge in [-0.3, -0.25) is 0 Å². The molecule has 0 N–H and O–H groups in total. The van der Waals surface area contributed by atoms with Crippen molar-refractivity contribution in [3.63, 3.8) is 0 Å². The molecule has 0 aliphatic heterocycles. The molecule has 21 heavy (non-hydrogen) atoms. The summed E-state index contributed by atoms with van der Waals surface area (Å²) in [4.78, 5) is 0. The quantitative estimate of drug-likeness (QED) is 0.695. The monoisotopic (exact) mass is 299 g/mol. The van der Waals surface area contributed by atoms with Gasteiger partial charge in [-0.1, -0.05) is 33.1 Å². The Morgan fingerprint density at radius 3 is 2.52 bits per heavy atom. The maximum atomic E-state index is 12.8. The molecule has 0 aromatic heterocycles. The lowest BCUT2D eigenvalue weighted by atomic mass is 10.0. The standard InChI is InChI=1S/C16H20F3NO/c1-3-5-6-12(4-2)11-21-14-8-7-13(10-20)15(9-14)16(17,18)19/h7-9,12H,3-6,11H2,1-2H3. The molecule has 1 rings (SSSR count). The van der Waals surface area contributed by atoms with Crippen molar-refractivity contribution in [3.05, 3.63) is 29.3 Å². The Bertz CT molecular complexity index is 491. The van der Waals surface area contributed by atoms with Crippen LogP contribution in [-0.4, -0.2) is 6.61 Å². The summed E-state index contributed by atoms with van der Waals surface area (Å²) in [6, 6.07) is 5.04. The van der Waals surface area contributed by atoms with Gasteiger partial charge in [0.05, 0.1) is 23.8 Å². The third-order valence-electron chi connectivity index (χ3n) is 3.45. The minimum absolute atomic E-state index is 0.163. The van der Waals surface area contributed by atoms with E-state index < -0.39 is 11.7 Å². The smallest absolute Gasteiger partial charge is 0.417 e. The summed E-state index contributed by atoms with van der Waals surface area (Å²) >= 11 is 0. The molecule has 116 valence electrons. The highest BCUT2D eigenvalue weighted by molar-refractivity contribution is 5.44. The lowest BCUT2D eigenvalue weighted by Gasteiger charge is -2.17. The average molecular weight is 299 g/mol. The highest BCUT2D eigenvalue weighted by Crippen LogP contribution is 2.34. The van der Waals surface area contributed by atoms with Crippen LogP contribution in [0.25, 0.3) is 0 Å². The Hall–Kier alpha value is -1.70. The molecule has 5 heteroatoms. The lowest BCUT2D eigenvalue weighted by molar-refractivity contribution is -0.137. The van der Waals surface area contributed by atoms with Crippen LogP contribution in [0.4, 0.5) is 13.2 Å². The van der Waals surface area contributed by atoms with Gasteiger partial charge in [-0.15, -0.1) is 0 Å². The van der Waals surface area contributed by atoms with E-state index in [1.807, 2.05) is 6.92 Å². The number of rotatable bonds is 7. The second-order valence-electron chi connectivity index (χ2n) is 5.04. The molecule has 0 radical (unpaired) electrons. The average Bonchev–Trinajstić information content (AvgIpc) is 2.46. The van der Waals surface area contributed by atoms with E-state index in [-0.39, 0.29) is 11.3 Å². The maximum Gasteiger partial charge on any atom is 0.417 e. The largest absolute Gasteiger partial charge is 0.493 e. The molecule has 1 aromatic carbocycles. The van der Waals surface area contributed by atoms with Crippen molar-refractivity contribution >= 4 is 0 Å². The molecular weight excluding hydrogens is 279 g/mol. The topological polar surface area (TPSA) is 33.0 Å². The maximum absolute atomic E-state index is 12.8. The highest BCUT2D eigenvalue weighted by atomic mass is 19.4. The van der Waals surface area contributed by atoms with Crippen molar-refractivity contribution in [1.82, 2.24) is 0 Å². The fraction of sp³-hybridized carbons (Fsp3) is 0.562. The van der Waals surface area contributed by atoms with Crippen LogP contribution in [0.1, 0.15) is 50.7 Å². The first-order valence-corrected chi connectivity index (χ1v) is 7.16. The zero-order chi connectivity index (χ0) is 15.9. The van der Waals surface area contributed by atoms with Crippen molar-refractivity contribution in [2.75, 3.05) is 6.61 Å². The van der Waals surface area contributed by atoms with Crippen molar-refractivity contribution in [3.8, 4) is 11.8 Å². The minimum Gasteiger partial charge on any atom is -0.493 e. The van der Waals surface area contributed by atoms with Gasteiger partial charge in [-0.05, 0) is 30.5 Å². The van der Waals surface area contributed by atoms with E-state index in [1.54, 1.807) is 6.07 Å². The molecule has 0 aliphatic carbocycles. The van der Waals surface area contributed by atoms with Gasteiger partial charge >= 0.3 is 6.18 Å². The molecule has 0 saturated carbocycles. The fourth-order valence-corrected chi connectivity index (χ4v) is 2.06. The van der Waals surface area contributed by atoms with Crippen LogP contribution in [-0.2, 0) is 6.18 Å². The second kappa shape index (κ2) is 7.92. The zero-order valence-electron chi connectivity index (χ0n) is 12.3. The van der Waals surface area contributed by atoms with Gasteiger partial charge in [-0.2, -0.15) is 18.4 Å². The number of nitriles is 1. The van der Waals surface area contributed by atoms with E-state index >= 15 is 0 Å². The number of alkyl halides is 3. The normalized spacial score (nSPS) is 12.8. The first-order valence-electron chi connectivity index (χ1n) is 7.16. The molecule has 2 nitrogen and oxygen atoms in total. The van der Waals surface area contributed by atoms with E-state index in [0.717, 1.165) is 37.8 Å². The fourth-order valence-electron chi connectivity index (χ4n) is 2.06. The number of hydrogen-bond acceptors (Lipinski definition) is 2. The van der Waals surface area contributed by atoms with Crippen LogP contribution in [0.2, 0.25) is 0 Å². The van der Waals surface area contributed by atoms with Crippen LogP contribution in [0, 0.1) is 17.2 Å². The molecule has 1 atom stereocenters. The van der Waals surface area contributed by atoms with E-state index in [1.165, 1.54) is 6.07 Å². The first-order chi connectivity index (χ1) is 9.92.